The Morgan fingerprint density at radius 2 is 1.95 bits per heavy atom. The van der Waals surface area contributed by atoms with Crippen molar-refractivity contribution in [1.82, 2.24) is 5.32 Å². The third kappa shape index (κ3) is 3.02. The zero-order valence-electron chi connectivity index (χ0n) is 11.0. The summed E-state index contributed by atoms with van der Waals surface area (Å²) < 4.78 is 0. The number of halogens is 1. The van der Waals surface area contributed by atoms with Gasteiger partial charge in [-0.2, -0.15) is 0 Å². The third-order valence-electron chi connectivity index (χ3n) is 3.94. The van der Waals surface area contributed by atoms with E-state index < -0.39 is 0 Å². The predicted octanol–water partition coefficient (Wildman–Crippen LogP) is 5.00. The van der Waals surface area contributed by atoms with Gasteiger partial charge in [-0.3, -0.25) is 0 Å². The molecule has 0 bridgehead atoms. The van der Waals surface area contributed by atoms with Gasteiger partial charge in [-0.1, -0.05) is 29.8 Å². The smallest absolute Gasteiger partial charge is 0.0406 e. The fraction of sp³-hybridized carbons (Fsp3) is 0.375. The molecule has 0 saturated heterocycles. The number of benzene rings is 1. The quantitative estimate of drug-likeness (QED) is 0.836. The number of hydrogen-bond acceptors (Lipinski definition) is 2. The van der Waals surface area contributed by atoms with Crippen molar-refractivity contribution in [2.45, 2.75) is 37.8 Å². The van der Waals surface area contributed by atoms with Crippen LogP contribution in [0.3, 0.4) is 0 Å². The maximum Gasteiger partial charge on any atom is 0.0406 e. The molecule has 0 radical (unpaired) electrons. The van der Waals surface area contributed by atoms with Crippen LogP contribution in [0.2, 0.25) is 5.02 Å². The van der Waals surface area contributed by atoms with Crippen molar-refractivity contribution in [3.8, 4) is 0 Å². The first kappa shape index (κ1) is 13.2. The SMILES string of the molecule is C[C@H](NC1CC(c2ccc(Cl)cc2)C1)c1cccs1. The fourth-order valence-corrected chi connectivity index (χ4v) is 3.60. The summed E-state index contributed by atoms with van der Waals surface area (Å²) >= 11 is 7.75. The van der Waals surface area contributed by atoms with E-state index in [9.17, 15) is 0 Å². The van der Waals surface area contributed by atoms with E-state index in [4.69, 9.17) is 11.6 Å². The Bertz CT molecular complexity index is 514. The minimum Gasteiger partial charge on any atom is -0.307 e. The minimum atomic E-state index is 0.469. The van der Waals surface area contributed by atoms with Crippen LogP contribution in [0.1, 0.15) is 42.2 Å². The van der Waals surface area contributed by atoms with Gasteiger partial charge in [0.25, 0.3) is 0 Å². The number of thiophene rings is 1. The molecule has 3 rings (SSSR count). The average Bonchev–Trinajstić information content (AvgIpc) is 2.88. The molecule has 0 unspecified atom stereocenters. The molecule has 19 heavy (non-hydrogen) atoms. The van der Waals surface area contributed by atoms with Gasteiger partial charge < -0.3 is 5.32 Å². The fourth-order valence-electron chi connectivity index (χ4n) is 2.73. The highest BCUT2D eigenvalue weighted by Crippen LogP contribution is 2.38. The highest BCUT2D eigenvalue weighted by Gasteiger charge is 2.31. The van der Waals surface area contributed by atoms with Crippen molar-refractivity contribution >= 4 is 22.9 Å². The predicted molar refractivity (Wildman–Crippen MR) is 83.1 cm³/mol. The highest BCUT2D eigenvalue weighted by atomic mass is 35.5. The highest BCUT2D eigenvalue weighted by molar-refractivity contribution is 7.10. The molecule has 1 N–H and O–H groups in total. The summed E-state index contributed by atoms with van der Waals surface area (Å²) in [5.74, 6) is 0.699. The maximum absolute atomic E-state index is 5.92. The van der Waals surface area contributed by atoms with Gasteiger partial charge in [-0.05, 0) is 54.8 Å². The maximum atomic E-state index is 5.92. The van der Waals surface area contributed by atoms with E-state index in [1.165, 1.54) is 23.3 Å². The van der Waals surface area contributed by atoms with Gasteiger partial charge in [0.05, 0.1) is 0 Å². The first-order chi connectivity index (χ1) is 9.22. The summed E-state index contributed by atoms with van der Waals surface area (Å²) in [7, 11) is 0. The Balaban J connectivity index is 1.51. The largest absolute Gasteiger partial charge is 0.307 e. The van der Waals surface area contributed by atoms with Crippen molar-refractivity contribution < 1.29 is 0 Å². The van der Waals surface area contributed by atoms with E-state index in [0.717, 1.165) is 5.02 Å². The Hall–Kier alpha value is -0.830. The van der Waals surface area contributed by atoms with Gasteiger partial charge in [-0.25, -0.2) is 0 Å². The minimum absolute atomic E-state index is 0.469. The molecule has 100 valence electrons. The summed E-state index contributed by atoms with van der Waals surface area (Å²) in [4.78, 5) is 1.43. The second-order valence-corrected chi connectivity index (χ2v) is 6.74. The molecule has 1 aliphatic rings. The molecule has 3 heteroatoms. The molecule has 1 saturated carbocycles. The molecule has 0 amide bonds. The molecule has 1 fully saturated rings. The van der Waals surface area contributed by atoms with E-state index in [0.29, 0.717) is 18.0 Å². The Morgan fingerprint density at radius 3 is 2.58 bits per heavy atom. The van der Waals surface area contributed by atoms with E-state index >= 15 is 0 Å². The van der Waals surface area contributed by atoms with Crippen LogP contribution in [-0.4, -0.2) is 6.04 Å². The molecule has 1 heterocycles. The van der Waals surface area contributed by atoms with Gasteiger partial charge in [0.1, 0.15) is 0 Å². The zero-order valence-corrected chi connectivity index (χ0v) is 12.5. The lowest BCUT2D eigenvalue weighted by molar-refractivity contribution is 0.272. The van der Waals surface area contributed by atoms with Crippen LogP contribution < -0.4 is 5.32 Å². The number of rotatable bonds is 4. The van der Waals surface area contributed by atoms with Crippen molar-refractivity contribution in [1.29, 1.82) is 0 Å². The molecule has 1 aromatic carbocycles. The molecule has 1 atom stereocenters. The van der Waals surface area contributed by atoms with Crippen LogP contribution >= 0.6 is 22.9 Å². The lowest BCUT2D eigenvalue weighted by Crippen LogP contribution is -2.41. The second-order valence-electron chi connectivity index (χ2n) is 5.32. The number of nitrogens with one attached hydrogen (secondary N) is 1. The molecular weight excluding hydrogens is 274 g/mol. The van der Waals surface area contributed by atoms with Crippen LogP contribution in [0.15, 0.2) is 41.8 Å². The molecule has 0 aliphatic heterocycles. The summed E-state index contributed by atoms with van der Waals surface area (Å²) in [5, 5.41) is 6.68. The van der Waals surface area contributed by atoms with Crippen molar-refractivity contribution in [2.75, 3.05) is 0 Å². The van der Waals surface area contributed by atoms with Crippen LogP contribution in [0.4, 0.5) is 0 Å². The van der Waals surface area contributed by atoms with E-state index in [1.807, 2.05) is 23.5 Å². The van der Waals surface area contributed by atoms with Gasteiger partial charge in [0.2, 0.25) is 0 Å². The second kappa shape index (κ2) is 5.66. The normalized spacial score (nSPS) is 23.9. The van der Waals surface area contributed by atoms with Crippen molar-refractivity contribution in [3.63, 3.8) is 0 Å². The lowest BCUT2D eigenvalue weighted by atomic mass is 9.75. The van der Waals surface area contributed by atoms with E-state index in [1.54, 1.807) is 0 Å². The molecule has 1 aromatic heterocycles. The van der Waals surface area contributed by atoms with Crippen molar-refractivity contribution in [2.24, 2.45) is 0 Å². The Morgan fingerprint density at radius 1 is 1.21 bits per heavy atom. The van der Waals surface area contributed by atoms with Gasteiger partial charge in [0.15, 0.2) is 0 Å². The van der Waals surface area contributed by atoms with Gasteiger partial charge in [0, 0.05) is 22.0 Å². The average molecular weight is 292 g/mol. The molecule has 2 aromatic rings. The number of hydrogen-bond donors (Lipinski definition) is 1. The van der Waals surface area contributed by atoms with Crippen LogP contribution in [0, 0.1) is 0 Å². The van der Waals surface area contributed by atoms with Crippen LogP contribution in [-0.2, 0) is 0 Å². The van der Waals surface area contributed by atoms with Crippen LogP contribution in [0.25, 0.3) is 0 Å². The summed E-state index contributed by atoms with van der Waals surface area (Å²) in [5.41, 5.74) is 1.42. The van der Waals surface area contributed by atoms with Crippen LogP contribution in [0.5, 0.6) is 0 Å². The van der Waals surface area contributed by atoms with E-state index in [2.05, 4.69) is 41.9 Å². The monoisotopic (exact) mass is 291 g/mol. The summed E-state index contributed by atoms with van der Waals surface area (Å²) in [6, 6.07) is 13.7. The third-order valence-corrected chi connectivity index (χ3v) is 5.24. The Labute approximate surface area is 123 Å². The summed E-state index contributed by atoms with van der Waals surface area (Å²) in [6.07, 6.45) is 2.47. The first-order valence-corrected chi connectivity index (χ1v) is 8.03. The topological polar surface area (TPSA) is 12.0 Å². The van der Waals surface area contributed by atoms with Gasteiger partial charge >= 0.3 is 0 Å². The lowest BCUT2D eigenvalue weighted by Gasteiger charge is -2.38. The molecule has 1 aliphatic carbocycles. The van der Waals surface area contributed by atoms with Gasteiger partial charge in [-0.15, -0.1) is 11.3 Å². The summed E-state index contributed by atoms with van der Waals surface area (Å²) in [6.45, 7) is 2.25. The molecule has 0 spiro atoms. The first-order valence-electron chi connectivity index (χ1n) is 6.77. The standard InChI is InChI=1S/C16H18ClNS/c1-11(16-3-2-8-19-16)18-15-9-13(10-15)12-4-6-14(17)7-5-12/h2-8,11,13,15,18H,9-10H2,1H3/t11-,13?,15?/m0/s1. The van der Waals surface area contributed by atoms with E-state index in [-0.39, 0.29) is 0 Å². The molecular formula is C16H18ClNS. The zero-order chi connectivity index (χ0) is 13.2. The molecule has 1 nitrogen and oxygen atoms in total. The Kier molecular flexibility index (Phi) is 3.92. The van der Waals surface area contributed by atoms with Crippen molar-refractivity contribution in [3.05, 3.63) is 57.2 Å².